The van der Waals surface area contributed by atoms with Crippen LogP contribution in [0.15, 0.2) is 18.2 Å². The molecule has 0 bridgehead atoms. The summed E-state index contributed by atoms with van der Waals surface area (Å²) in [5, 5.41) is 18.2. The molecule has 0 spiro atoms. The number of carboxylic acid groups (broad SMARTS) is 1. The fourth-order valence-electron chi connectivity index (χ4n) is 4.71. The Morgan fingerprint density at radius 3 is 2.58 bits per heavy atom. The number of Topliss-reactive ketones (excluding diaryl/α,β-unsaturated/α-hetero) is 1. The molecule has 3 unspecified atom stereocenters. The summed E-state index contributed by atoms with van der Waals surface area (Å²) in [5.74, 6) is -1.74. The van der Waals surface area contributed by atoms with Crippen LogP contribution >= 0.6 is 0 Å². The van der Waals surface area contributed by atoms with E-state index in [4.69, 9.17) is 5.11 Å². The van der Waals surface area contributed by atoms with E-state index in [0.29, 0.717) is 24.7 Å². The van der Waals surface area contributed by atoms with Crippen LogP contribution in [0.25, 0.3) is 0 Å². The van der Waals surface area contributed by atoms with Gasteiger partial charge in [-0.25, -0.2) is 9.18 Å². The Kier molecular flexibility index (Phi) is 6.07. The zero-order valence-corrected chi connectivity index (χ0v) is 15.0. The molecule has 0 amide bonds. The van der Waals surface area contributed by atoms with Gasteiger partial charge in [-0.05, 0) is 80.0 Å². The summed E-state index contributed by atoms with van der Waals surface area (Å²) in [4.78, 5) is 22.8. The third-order valence-corrected chi connectivity index (χ3v) is 6.17. The smallest absolute Gasteiger partial charge is 0.340 e. The molecule has 26 heavy (non-hydrogen) atoms. The first-order chi connectivity index (χ1) is 12.5. The van der Waals surface area contributed by atoms with Crippen molar-refractivity contribution < 1.29 is 24.2 Å². The highest BCUT2D eigenvalue weighted by Gasteiger charge is 2.35. The van der Waals surface area contributed by atoms with Crippen LogP contribution in [0.4, 0.5) is 4.39 Å². The fourth-order valence-corrected chi connectivity index (χ4v) is 4.71. The minimum atomic E-state index is -1.90. The number of ketones is 1. The third kappa shape index (κ3) is 4.32. The molecule has 2 aliphatic rings. The lowest BCUT2D eigenvalue weighted by Crippen LogP contribution is -2.33. The number of benzene rings is 1. The average molecular weight is 362 g/mol. The number of hydrogen-bond donors (Lipinski definition) is 2. The van der Waals surface area contributed by atoms with E-state index in [1.165, 1.54) is 24.5 Å². The van der Waals surface area contributed by atoms with E-state index in [1.807, 2.05) is 6.07 Å². The van der Waals surface area contributed by atoms with Crippen molar-refractivity contribution in [3.8, 4) is 0 Å². The second-order valence-electron chi connectivity index (χ2n) is 7.88. The molecule has 142 valence electrons. The van der Waals surface area contributed by atoms with E-state index >= 15 is 0 Å². The van der Waals surface area contributed by atoms with Crippen LogP contribution < -0.4 is 0 Å². The summed E-state index contributed by atoms with van der Waals surface area (Å²) in [6.45, 7) is 0. The van der Waals surface area contributed by atoms with Gasteiger partial charge in [0.25, 0.3) is 0 Å². The number of carbonyl (C=O) groups excluding carboxylic acids is 1. The van der Waals surface area contributed by atoms with Crippen molar-refractivity contribution in [2.75, 3.05) is 0 Å². The van der Waals surface area contributed by atoms with Gasteiger partial charge in [0.2, 0.25) is 6.10 Å². The van der Waals surface area contributed by atoms with Gasteiger partial charge in [0.1, 0.15) is 5.82 Å². The Bertz CT molecular complexity index is 666. The predicted molar refractivity (Wildman–Crippen MR) is 95.4 cm³/mol. The molecule has 2 fully saturated rings. The molecule has 2 saturated carbocycles. The van der Waals surface area contributed by atoms with Gasteiger partial charge in [-0.15, -0.1) is 0 Å². The molecule has 0 aliphatic heterocycles. The van der Waals surface area contributed by atoms with Crippen molar-refractivity contribution in [2.24, 2.45) is 11.8 Å². The number of carboxylic acids is 1. The van der Waals surface area contributed by atoms with Crippen LogP contribution in [0.3, 0.4) is 0 Å². The van der Waals surface area contributed by atoms with Gasteiger partial charge in [-0.2, -0.15) is 0 Å². The van der Waals surface area contributed by atoms with Crippen LogP contribution in [-0.2, 0) is 16.0 Å². The summed E-state index contributed by atoms with van der Waals surface area (Å²) in [7, 11) is 0. The zero-order chi connectivity index (χ0) is 18.7. The molecule has 0 radical (unpaired) electrons. The highest BCUT2D eigenvalue weighted by molar-refractivity contribution is 6.02. The summed E-state index contributed by atoms with van der Waals surface area (Å²) < 4.78 is 13.7. The molecule has 0 saturated heterocycles. The topological polar surface area (TPSA) is 74.6 Å². The van der Waals surface area contributed by atoms with E-state index < -0.39 is 17.9 Å². The standard InChI is InChI=1S/C21H27FO4/c22-17-10-9-15(18(12-17)14-3-1-2-4-14)7-5-13-6-8-16(11-13)19(23)20(24)21(25)26/h9-10,12-14,16,20,24H,1-8,11H2,(H,25,26). The molecule has 2 aliphatic carbocycles. The van der Waals surface area contributed by atoms with E-state index in [2.05, 4.69) is 0 Å². The van der Waals surface area contributed by atoms with Crippen molar-refractivity contribution in [3.05, 3.63) is 35.1 Å². The van der Waals surface area contributed by atoms with Gasteiger partial charge in [-0.1, -0.05) is 18.9 Å². The molecule has 0 aromatic heterocycles. The van der Waals surface area contributed by atoms with Crippen LogP contribution in [0, 0.1) is 17.7 Å². The van der Waals surface area contributed by atoms with Crippen molar-refractivity contribution in [3.63, 3.8) is 0 Å². The molecular formula is C21H27FO4. The normalized spacial score (nSPS) is 24.7. The Morgan fingerprint density at radius 2 is 1.88 bits per heavy atom. The lowest BCUT2D eigenvalue weighted by molar-refractivity contribution is -0.153. The lowest BCUT2D eigenvalue weighted by atomic mass is 9.88. The van der Waals surface area contributed by atoms with Gasteiger partial charge in [0, 0.05) is 5.92 Å². The van der Waals surface area contributed by atoms with Crippen LogP contribution in [0.2, 0.25) is 0 Å². The monoisotopic (exact) mass is 362 g/mol. The molecule has 1 aromatic rings. The molecule has 1 aromatic carbocycles. The average Bonchev–Trinajstić information content (AvgIpc) is 3.31. The number of carbonyl (C=O) groups is 2. The minimum absolute atomic E-state index is 0.176. The molecule has 5 heteroatoms. The number of aliphatic carboxylic acids is 1. The molecular weight excluding hydrogens is 335 g/mol. The van der Waals surface area contributed by atoms with Crippen molar-refractivity contribution in [1.82, 2.24) is 0 Å². The lowest BCUT2D eigenvalue weighted by Gasteiger charge is -2.17. The number of aryl methyl sites for hydroxylation is 1. The van der Waals surface area contributed by atoms with Gasteiger partial charge in [0.15, 0.2) is 5.78 Å². The first-order valence-electron chi connectivity index (χ1n) is 9.68. The van der Waals surface area contributed by atoms with E-state index in [-0.39, 0.29) is 11.7 Å². The molecule has 0 heterocycles. The predicted octanol–water partition coefficient (Wildman–Crippen LogP) is 3.85. The number of rotatable bonds is 7. The number of aliphatic hydroxyl groups excluding tert-OH is 1. The second kappa shape index (κ2) is 8.30. The van der Waals surface area contributed by atoms with Crippen LogP contribution in [0.5, 0.6) is 0 Å². The summed E-state index contributed by atoms with van der Waals surface area (Å²) >= 11 is 0. The quantitative estimate of drug-likeness (QED) is 0.723. The maximum Gasteiger partial charge on any atom is 0.340 e. The first kappa shape index (κ1) is 19.0. The first-order valence-corrected chi connectivity index (χ1v) is 9.68. The van der Waals surface area contributed by atoms with E-state index in [0.717, 1.165) is 37.7 Å². The molecule has 3 rings (SSSR count). The maximum atomic E-state index is 13.7. The molecule has 4 nitrogen and oxygen atoms in total. The number of hydrogen-bond acceptors (Lipinski definition) is 3. The van der Waals surface area contributed by atoms with Crippen molar-refractivity contribution >= 4 is 11.8 Å². The highest BCUT2D eigenvalue weighted by Crippen LogP contribution is 2.38. The highest BCUT2D eigenvalue weighted by atomic mass is 19.1. The third-order valence-electron chi connectivity index (χ3n) is 6.17. The van der Waals surface area contributed by atoms with Gasteiger partial charge in [-0.3, -0.25) is 4.79 Å². The Labute approximate surface area is 153 Å². The van der Waals surface area contributed by atoms with Gasteiger partial charge >= 0.3 is 5.97 Å². The SMILES string of the molecule is O=C(O)C(O)C(=O)C1CCC(CCc2ccc(F)cc2C2CCCC2)C1. The van der Waals surface area contributed by atoms with E-state index in [1.54, 1.807) is 6.07 Å². The summed E-state index contributed by atoms with van der Waals surface area (Å²) in [6.07, 6.45) is 6.71. The van der Waals surface area contributed by atoms with Crippen molar-refractivity contribution in [2.45, 2.75) is 69.8 Å². The zero-order valence-electron chi connectivity index (χ0n) is 15.0. The maximum absolute atomic E-state index is 13.7. The Morgan fingerprint density at radius 1 is 1.15 bits per heavy atom. The minimum Gasteiger partial charge on any atom is -0.479 e. The largest absolute Gasteiger partial charge is 0.479 e. The summed E-state index contributed by atoms with van der Waals surface area (Å²) in [5.41, 5.74) is 2.35. The second-order valence-corrected chi connectivity index (χ2v) is 7.88. The molecule has 3 atom stereocenters. The number of aliphatic hydroxyl groups is 1. The van der Waals surface area contributed by atoms with E-state index in [9.17, 15) is 19.1 Å². The van der Waals surface area contributed by atoms with Crippen LogP contribution in [0.1, 0.15) is 68.4 Å². The van der Waals surface area contributed by atoms with Crippen molar-refractivity contribution in [1.29, 1.82) is 0 Å². The fraction of sp³-hybridized carbons (Fsp3) is 0.619. The number of halogens is 1. The van der Waals surface area contributed by atoms with Gasteiger partial charge in [0.05, 0.1) is 0 Å². The Balaban J connectivity index is 1.58. The van der Waals surface area contributed by atoms with Crippen LogP contribution in [-0.4, -0.2) is 28.1 Å². The summed E-state index contributed by atoms with van der Waals surface area (Å²) in [6, 6.07) is 5.11. The molecule has 2 N–H and O–H groups in total. The Hall–Kier alpha value is -1.75. The van der Waals surface area contributed by atoms with Gasteiger partial charge < -0.3 is 10.2 Å².